The summed E-state index contributed by atoms with van der Waals surface area (Å²) in [4.78, 5) is 41.5. The highest BCUT2D eigenvalue weighted by Gasteiger charge is 2.23. The minimum Gasteiger partial charge on any atom is -0.340 e. The van der Waals surface area contributed by atoms with E-state index < -0.39 is 11.9 Å². The van der Waals surface area contributed by atoms with E-state index in [0.29, 0.717) is 38.5 Å². The fraction of sp³-hybridized carbons (Fsp3) is 0.333. The van der Waals surface area contributed by atoms with E-state index in [0.717, 1.165) is 11.3 Å². The number of aryl methyl sites for hydroxylation is 1. The molecule has 2 rings (SSSR count). The van der Waals surface area contributed by atoms with Crippen LogP contribution in [-0.4, -0.2) is 40.6 Å². The third kappa shape index (κ3) is 5.79. The van der Waals surface area contributed by atoms with Crippen LogP contribution in [-0.2, 0) is 4.79 Å². The molecule has 0 aliphatic rings. The molecule has 1 aromatic carbocycles. The van der Waals surface area contributed by atoms with Crippen molar-refractivity contribution in [2.75, 3.05) is 17.3 Å². The lowest BCUT2D eigenvalue weighted by Gasteiger charge is -2.17. The van der Waals surface area contributed by atoms with Crippen molar-refractivity contribution in [3.63, 3.8) is 0 Å². The molecule has 1 aromatic heterocycles. The molecule has 0 aliphatic carbocycles. The van der Waals surface area contributed by atoms with Crippen molar-refractivity contribution in [2.45, 2.75) is 26.3 Å². The number of hydrogen-bond acceptors (Lipinski definition) is 6. The van der Waals surface area contributed by atoms with Gasteiger partial charge in [-0.25, -0.2) is 4.98 Å². The van der Waals surface area contributed by atoms with Crippen LogP contribution in [0.25, 0.3) is 0 Å². The maximum absolute atomic E-state index is 12.7. The second-order valence-corrected chi connectivity index (χ2v) is 8.16. The molecule has 6 nitrogen and oxygen atoms in total. The van der Waals surface area contributed by atoms with Gasteiger partial charge in [0.05, 0.1) is 21.2 Å². The first-order valence-corrected chi connectivity index (χ1v) is 10.8. The standard InChI is InChI=1S/C18H20ClN3O3S2/c1-10-15(11(2)23)27-18(20-10)22-17(25)14(8-9-26-3)21-16(24)12-6-4-5-7-13(12)19/h4-7,14H,8-9H2,1-3H3,(H,21,24)(H,20,22,25)/t14-/m0/s1. The Morgan fingerprint density at radius 1 is 1.30 bits per heavy atom. The smallest absolute Gasteiger partial charge is 0.253 e. The first-order valence-electron chi connectivity index (χ1n) is 8.17. The van der Waals surface area contributed by atoms with E-state index in [1.807, 2.05) is 6.26 Å². The molecule has 2 aromatic rings. The van der Waals surface area contributed by atoms with Crippen LogP contribution in [0.15, 0.2) is 24.3 Å². The minimum atomic E-state index is -0.744. The molecule has 144 valence electrons. The number of hydrogen-bond donors (Lipinski definition) is 2. The molecule has 0 bridgehead atoms. The third-order valence-corrected chi connectivity index (χ3v) is 5.84. The van der Waals surface area contributed by atoms with Crippen LogP contribution < -0.4 is 10.6 Å². The summed E-state index contributed by atoms with van der Waals surface area (Å²) in [6.07, 6.45) is 2.38. The van der Waals surface area contributed by atoms with Crippen molar-refractivity contribution in [2.24, 2.45) is 0 Å². The van der Waals surface area contributed by atoms with Crippen molar-refractivity contribution < 1.29 is 14.4 Å². The number of halogens is 1. The van der Waals surface area contributed by atoms with Crippen LogP contribution >= 0.6 is 34.7 Å². The zero-order chi connectivity index (χ0) is 20.0. The van der Waals surface area contributed by atoms with Gasteiger partial charge >= 0.3 is 0 Å². The van der Waals surface area contributed by atoms with E-state index in [-0.39, 0.29) is 11.7 Å². The van der Waals surface area contributed by atoms with Gasteiger partial charge in [0.15, 0.2) is 10.9 Å². The molecular weight excluding hydrogens is 406 g/mol. The highest BCUT2D eigenvalue weighted by atomic mass is 35.5. The number of aromatic nitrogens is 1. The molecule has 9 heteroatoms. The third-order valence-electron chi connectivity index (χ3n) is 3.70. The second kappa shape index (κ2) is 9.87. The van der Waals surface area contributed by atoms with Gasteiger partial charge in [-0.15, -0.1) is 0 Å². The molecule has 27 heavy (non-hydrogen) atoms. The summed E-state index contributed by atoms with van der Waals surface area (Å²) in [7, 11) is 0. The van der Waals surface area contributed by atoms with Crippen LogP contribution in [0.5, 0.6) is 0 Å². The van der Waals surface area contributed by atoms with Gasteiger partial charge in [-0.2, -0.15) is 11.8 Å². The van der Waals surface area contributed by atoms with Crippen LogP contribution in [0.3, 0.4) is 0 Å². The molecule has 0 spiro atoms. The lowest BCUT2D eigenvalue weighted by atomic mass is 10.1. The number of Topliss-reactive ketones (excluding diaryl/α,β-unsaturated/α-hetero) is 1. The maximum Gasteiger partial charge on any atom is 0.253 e. The van der Waals surface area contributed by atoms with Gasteiger partial charge in [-0.05, 0) is 37.5 Å². The SMILES string of the molecule is CSCC[C@H](NC(=O)c1ccccc1Cl)C(=O)Nc1nc(C)c(C(C)=O)s1. The maximum atomic E-state index is 12.7. The number of ketones is 1. The fourth-order valence-electron chi connectivity index (χ4n) is 2.35. The quantitative estimate of drug-likeness (QED) is 0.628. The molecule has 0 saturated carbocycles. The van der Waals surface area contributed by atoms with Gasteiger partial charge in [0.25, 0.3) is 5.91 Å². The number of nitrogens with one attached hydrogen (secondary N) is 2. The molecule has 0 fully saturated rings. The number of anilines is 1. The Balaban J connectivity index is 2.13. The topological polar surface area (TPSA) is 88.2 Å². The van der Waals surface area contributed by atoms with Crippen molar-refractivity contribution in [1.82, 2.24) is 10.3 Å². The Hall–Kier alpha value is -1.90. The molecule has 0 radical (unpaired) electrons. The zero-order valence-corrected chi connectivity index (χ0v) is 17.6. The summed E-state index contributed by atoms with van der Waals surface area (Å²) >= 11 is 8.76. The first kappa shape index (κ1) is 21.4. The van der Waals surface area contributed by atoms with Gasteiger partial charge < -0.3 is 10.6 Å². The van der Waals surface area contributed by atoms with Gasteiger partial charge in [0.1, 0.15) is 6.04 Å². The van der Waals surface area contributed by atoms with E-state index >= 15 is 0 Å². The van der Waals surface area contributed by atoms with Gasteiger partial charge in [-0.1, -0.05) is 35.1 Å². The molecule has 0 aliphatic heterocycles. The summed E-state index contributed by atoms with van der Waals surface area (Å²) < 4.78 is 0. The normalized spacial score (nSPS) is 11.7. The number of amides is 2. The van der Waals surface area contributed by atoms with Crippen molar-refractivity contribution in [1.29, 1.82) is 0 Å². The summed E-state index contributed by atoms with van der Waals surface area (Å²) in [6.45, 7) is 3.17. The Morgan fingerprint density at radius 3 is 2.59 bits per heavy atom. The highest BCUT2D eigenvalue weighted by molar-refractivity contribution is 7.98. The Morgan fingerprint density at radius 2 is 2.00 bits per heavy atom. The first-order chi connectivity index (χ1) is 12.8. The number of carbonyl (C=O) groups is 3. The van der Waals surface area contributed by atoms with Crippen LogP contribution in [0.1, 0.15) is 39.1 Å². The molecule has 1 atom stereocenters. The minimum absolute atomic E-state index is 0.101. The molecule has 0 unspecified atom stereocenters. The Bertz CT molecular complexity index is 854. The predicted octanol–water partition coefficient (Wildman–Crippen LogP) is 3.80. The Labute approximate surface area is 171 Å². The van der Waals surface area contributed by atoms with E-state index in [2.05, 4.69) is 15.6 Å². The molecular formula is C18H20ClN3O3S2. The van der Waals surface area contributed by atoms with Crippen molar-refractivity contribution >= 4 is 57.4 Å². The summed E-state index contributed by atoms with van der Waals surface area (Å²) in [5.41, 5.74) is 0.883. The fourth-order valence-corrected chi connectivity index (χ4v) is 3.91. The van der Waals surface area contributed by atoms with Crippen LogP contribution in [0.2, 0.25) is 5.02 Å². The van der Waals surface area contributed by atoms with Gasteiger partial charge in [-0.3, -0.25) is 14.4 Å². The number of thiazole rings is 1. The monoisotopic (exact) mass is 425 g/mol. The van der Waals surface area contributed by atoms with Crippen molar-refractivity contribution in [3.05, 3.63) is 45.4 Å². The lowest BCUT2D eigenvalue weighted by Crippen LogP contribution is -2.44. The van der Waals surface area contributed by atoms with Crippen molar-refractivity contribution in [3.8, 4) is 0 Å². The zero-order valence-electron chi connectivity index (χ0n) is 15.2. The number of rotatable bonds is 8. The predicted molar refractivity (Wildman–Crippen MR) is 111 cm³/mol. The number of benzene rings is 1. The average Bonchev–Trinajstić information content (AvgIpc) is 2.99. The molecule has 2 amide bonds. The van der Waals surface area contributed by atoms with E-state index in [4.69, 9.17) is 11.6 Å². The molecule has 2 N–H and O–H groups in total. The molecule has 0 saturated heterocycles. The number of carbonyl (C=O) groups excluding carboxylic acids is 3. The lowest BCUT2D eigenvalue weighted by molar-refractivity contribution is -0.118. The number of thioether (sulfide) groups is 1. The molecule has 1 heterocycles. The van der Waals surface area contributed by atoms with Gasteiger partial charge in [0.2, 0.25) is 5.91 Å². The Kier molecular flexibility index (Phi) is 7.82. The van der Waals surface area contributed by atoms with Crippen LogP contribution in [0.4, 0.5) is 5.13 Å². The van der Waals surface area contributed by atoms with Crippen LogP contribution in [0, 0.1) is 6.92 Å². The number of nitrogens with zero attached hydrogens (tertiary/aromatic N) is 1. The highest BCUT2D eigenvalue weighted by Crippen LogP contribution is 2.23. The summed E-state index contributed by atoms with van der Waals surface area (Å²) in [5, 5.41) is 6.09. The van der Waals surface area contributed by atoms with E-state index in [9.17, 15) is 14.4 Å². The van der Waals surface area contributed by atoms with Gasteiger partial charge in [0, 0.05) is 6.92 Å². The summed E-state index contributed by atoms with van der Waals surface area (Å²) in [6, 6.07) is 5.92. The van der Waals surface area contributed by atoms with E-state index in [1.54, 1.807) is 43.0 Å². The summed E-state index contributed by atoms with van der Waals surface area (Å²) in [5.74, 6) is -0.206. The van der Waals surface area contributed by atoms with E-state index in [1.165, 1.54) is 6.92 Å². The second-order valence-electron chi connectivity index (χ2n) is 5.77. The largest absolute Gasteiger partial charge is 0.340 e. The average molecular weight is 426 g/mol.